The number of ether oxygens (including phenoxy) is 2. The first-order valence-corrected chi connectivity index (χ1v) is 9.83. The molecule has 0 aromatic heterocycles. The predicted octanol–water partition coefficient (Wildman–Crippen LogP) is 5.20. The molecule has 0 amide bonds. The van der Waals surface area contributed by atoms with Crippen molar-refractivity contribution in [2.75, 3.05) is 24.6 Å². The Kier molecular flexibility index (Phi) is 5.90. The number of hydrogen-bond donors (Lipinski definition) is 0. The van der Waals surface area contributed by atoms with Crippen LogP contribution in [0.25, 0.3) is 0 Å². The number of rotatable bonds is 9. The smallest absolute Gasteiger partial charge is 0.387 e. The number of halogens is 2. The molecule has 4 nitrogen and oxygen atoms in total. The number of alkyl halides is 2. The maximum absolute atomic E-state index is 13.2. The first-order chi connectivity index (χ1) is 14.2. The van der Waals surface area contributed by atoms with E-state index in [0.717, 1.165) is 24.2 Å². The monoisotopic (exact) mass is 398 g/mol. The second-order valence-corrected chi connectivity index (χ2v) is 7.41. The summed E-state index contributed by atoms with van der Waals surface area (Å²) in [6.07, 6.45) is 5.22. The summed E-state index contributed by atoms with van der Waals surface area (Å²) in [5, 5.41) is 0. The van der Waals surface area contributed by atoms with Crippen LogP contribution in [0.15, 0.2) is 77.5 Å². The van der Waals surface area contributed by atoms with Gasteiger partial charge in [-0.3, -0.25) is 4.99 Å². The van der Waals surface area contributed by atoms with Gasteiger partial charge in [0.05, 0.1) is 19.7 Å². The lowest BCUT2D eigenvalue weighted by Gasteiger charge is -2.40. The van der Waals surface area contributed by atoms with E-state index >= 15 is 0 Å². The van der Waals surface area contributed by atoms with Crippen molar-refractivity contribution < 1.29 is 18.3 Å². The molecule has 1 aliphatic carbocycles. The van der Waals surface area contributed by atoms with Crippen molar-refractivity contribution in [3.05, 3.63) is 72.5 Å². The number of anilines is 2. The van der Waals surface area contributed by atoms with Gasteiger partial charge < -0.3 is 14.4 Å². The van der Waals surface area contributed by atoms with Crippen LogP contribution in [-0.4, -0.2) is 38.1 Å². The highest BCUT2D eigenvalue weighted by Gasteiger charge is 2.43. The van der Waals surface area contributed by atoms with Crippen LogP contribution in [0, 0.1) is 5.92 Å². The van der Waals surface area contributed by atoms with E-state index in [-0.39, 0.29) is 12.3 Å². The Morgan fingerprint density at radius 3 is 2.17 bits per heavy atom. The minimum absolute atomic E-state index is 0.125. The molecule has 0 N–H and O–H groups in total. The first kappa shape index (κ1) is 19.6. The van der Waals surface area contributed by atoms with E-state index in [9.17, 15) is 8.78 Å². The quantitative estimate of drug-likeness (QED) is 0.582. The van der Waals surface area contributed by atoms with Gasteiger partial charge in [0.2, 0.25) is 0 Å². The Bertz CT molecular complexity index is 814. The predicted molar refractivity (Wildman–Crippen MR) is 110 cm³/mol. The minimum atomic E-state index is -2.92. The molecule has 1 saturated carbocycles. The molecule has 1 unspecified atom stereocenters. The van der Waals surface area contributed by atoms with Gasteiger partial charge in [-0.25, -0.2) is 0 Å². The van der Waals surface area contributed by atoms with Crippen LogP contribution in [0.4, 0.5) is 20.2 Å². The van der Waals surface area contributed by atoms with E-state index < -0.39 is 12.2 Å². The maximum atomic E-state index is 13.2. The topological polar surface area (TPSA) is 34.1 Å². The van der Waals surface area contributed by atoms with E-state index in [0.29, 0.717) is 19.1 Å². The van der Waals surface area contributed by atoms with E-state index in [4.69, 9.17) is 9.47 Å². The number of dihydropyridines is 1. The summed E-state index contributed by atoms with van der Waals surface area (Å²) in [4.78, 5) is 6.41. The molecule has 1 aliphatic heterocycles. The summed E-state index contributed by atoms with van der Waals surface area (Å²) in [6.45, 7) is -1.87. The summed E-state index contributed by atoms with van der Waals surface area (Å²) < 4.78 is 37.6. The lowest BCUT2D eigenvalue weighted by Crippen LogP contribution is -2.50. The van der Waals surface area contributed by atoms with E-state index in [1.54, 1.807) is 0 Å². The number of aliphatic imine (C=N–C) groups is 1. The summed E-state index contributed by atoms with van der Waals surface area (Å²) in [5.74, 6) is 0.604. The van der Waals surface area contributed by atoms with Crippen molar-refractivity contribution in [2.24, 2.45) is 10.9 Å². The Morgan fingerprint density at radius 1 is 1.00 bits per heavy atom. The van der Waals surface area contributed by atoms with Crippen LogP contribution in [0.3, 0.4) is 0 Å². The van der Waals surface area contributed by atoms with Crippen LogP contribution in [0.1, 0.15) is 12.8 Å². The number of benzene rings is 2. The average molecular weight is 398 g/mol. The van der Waals surface area contributed by atoms with Gasteiger partial charge in [0.25, 0.3) is 0 Å². The molecule has 152 valence electrons. The highest BCUT2D eigenvalue weighted by Crippen LogP contribution is 2.37. The van der Waals surface area contributed by atoms with Crippen molar-refractivity contribution in [3.8, 4) is 0 Å². The molecule has 0 spiro atoms. The SMILES string of the molecule is FC(F)OC1=CC=NCC1(CN(c1ccccc1)c1ccccc1)OCC1CC1. The number of nitrogens with zero attached hydrogens (tertiary/aromatic N) is 2. The van der Waals surface area contributed by atoms with Gasteiger partial charge >= 0.3 is 6.61 Å². The summed E-state index contributed by atoms with van der Waals surface area (Å²) in [7, 11) is 0. The molecular weight excluding hydrogens is 374 g/mol. The van der Waals surface area contributed by atoms with Gasteiger partial charge in [-0.1, -0.05) is 36.4 Å². The minimum Gasteiger partial charge on any atom is -0.436 e. The third-order valence-corrected chi connectivity index (χ3v) is 5.18. The van der Waals surface area contributed by atoms with Crippen molar-refractivity contribution >= 4 is 17.6 Å². The Hall–Kier alpha value is -2.73. The standard InChI is InChI=1S/C23H24F2N2O2/c24-22(25)29-21-13-14-26-16-23(21,28-15-18-11-12-18)17-27(19-7-3-1-4-8-19)20-9-5-2-6-10-20/h1-10,13-14,18,22H,11-12,15-17H2. The third kappa shape index (κ3) is 4.82. The fourth-order valence-electron chi connectivity index (χ4n) is 3.45. The Balaban J connectivity index is 1.70. The normalized spacial score (nSPS) is 21.1. The molecule has 0 saturated heterocycles. The van der Waals surface area contributed by atoms with Crippen molar-refractivity contribution in [1.82, 2.24) is 0 Å². The third-order valence-electron chi connectivity index (χ3n) is 5.18. The molecular formula is C23H24F2N2O2. The van der Waals surface area contributed by atoms with Gasteiger partial charge in [0.15, 0.2) is 5.60 Å². The molecule has 1 atom stereocenters. The highest BCUT2D eigenvalue weighted by molar-refractivity contribution is 5.74. The second kappa shape index (κ2) is 8.74. The van der Waals surface area contributed by atoms with E-state index in [2.05, 4.69) is 9.89 Å². The molecule has 0 bridgehead atoms. The van der Waals surface area contributed by atoms with Gasteiger partial charge in [-0.2, -0.15) is 8.78 Å². The molecule has 1 fully saturated rings. The summed E-state index contributed by atoms with van der Waals surface area (Å²) >= 11 is 0. The molecule has 2 aromatic carbocycles. The summed E-state index contributed by atoms with van der Waals surface area (Å²) in [6, 6.07) is 19.7. The van der Waals surface area contributed by atoms with Gasteiger partial charge in [0.1, 0.15) is 5.76 Å². The summed E-state index contributed by atoms with van der Waals surface area (Å²) in [5.41, 5.74) is 0.803. The molecule has 4 rings (SSSR count). The Morgan fingerprint density at radius 2 is 1.62 bits per heavy atom. The van der Waals surface area contributed by atoms with Crippen LogP contribution in [0.5, 0.6) is 0 Å². The molecule has 2 aliphatic rings. The fourth-order valence-corrected chi connectivity index (χ4v) is 3.45. The van der Waals surface area contributed by atoms with Crippen LogP contribution >= 0.6 is 0 Å². The van der Waals surface area contributed by atoms with E-state index in [1.807, 2.05) is 60.7 Å². The maximum Gasteiger partial charge on any atom is 0.387 e. The molecule has 2 aromatic rings. The van der Waals surface area contributed by atoms with Crippen LogP contribution < -0.4 is 4.90 Å². The van der Waals surface area contributed by atoms with E-state index in [1.165, 1.54) is 12.3 Å². The van der Waals surface area contributed by atoms with Gasteiger partial charge in [-0.05, 0) is 49.1 Å². The first-order valence-electron chi connectivity index (χ1n) is 9.83. The van der Waals surface area contributed by atoms with Crippen LogP contribution in [-0.2, 0) is 9.47 Å². The van der Waals surface area contributed by atoms with Crippen LogP contribution in [0.2, 0.25) is 0 Å². The van der Waals surface area contributed by atoms with Crippen molar-refractivity contribution in [2.45, 2.75) is 25.1 Å². The van der Waals surface area contributed by atoms with Gasteiger partial charge in [-0.15, -0.1) is 0 Å². The lowest BCUT2D eigenvalue weighted by molar-refractivity contribution is -0.139. The highest BCUT2D eigenvalue weighted by atomic mass is 19.3. The largest absolute Gasteiger partial charge is 0.436 e. The molecule has 0 radical (unpaired) electrons. The second-order valence-electron chi connectivity index (χ2n) is 7.41. The zero-order valence-electron chi connectivity index (χ0n) is 16.1. The number of para-hydroxylation sites is 2. The lowest BCUT2D eigenvalue weighted by atomic mass is 9.96. The molecule has 1 heterocycles. The molecule has 29 heavy (non-hydrogen) atoms. The number of allylic oxidation sites excluding steroid dienone is 1. The van der Waals surface area contributed by atoms with Crippen molar-refractivity contribution in [1.29, 1.82) is 0 Å². The molecule has 6 heteroatoms. The number of hydrogen-bond acceptors (Lipinski definition) is 4. The van der Waals surface area contributed by atoms with Gasteiger partial charge in [0, 0.05) is 17.6 Å². The Labute approximate surface area is 169 Å². The average Bonchev–Trinajstić information content (AvgIpc) is 3.58. The zero-order chi connectivity index (χ0) is 20.1. The zero-order valence-corrected chi connectivity index (χ0v) is 16.1. The van der Waals surface area contributed by atoms with Crippen molar-refractivity contribution in [3.63, 3.8) is 0 Å². The fraction of sp³-hybridized carbons (Fsp3) is 0.348.